The molecule has 0 aliphatic carbocycles. The first kappa shape index (κ1) is 12.0. The highest BCUT2D eigenvalue weighted by Gasteiger charge is 2.07. The molecule has 0 aliphatic heterocycles. The number of pyridine rings is 2. The van der Waals surface area contributed by atoms with E-state index in [9.17, 15) is 4.79 Å². The highest BCUT2D eigenvalue weighted by atomic mass is 16.1. The maximum Gasteiger partial charge on any atom is 0.274 e. The van der Waals surface area contributed by atoms with E-state index in [1.807, 2.05) is 0 Å². The Morgan fingerprint density at radius 3 is 2.70 bits per heavy atom. The van der Waals surface area contributed by atoms with Gasteiger partial charge in [0.2, 0.25) is 0 Å². The molecule has 1 N–H and O–H groups in total. The number of aromatic nitrogens is 4. The zero-order chi connectivity index (χ0) is 13.8. The fraction of sp³-hybridized carbons (Fsp3) is 0. The number of amides is 1. The van der Waals surface area contributed by atoms with Gasteiger partial charge in [0.05, 0.1) is 11.9 Å². The van der Waals surface area contributed by atoms with Gasteiger partial charge in [-0.1, -0.05) is 6.07 Å². The second-order valence-corrected chi connectivity index (χ2v) is 4.04. The van der Waals surface area contributed by atoms with E-state index >= 15 is 0 Å². The molecule has 6 heteroatoms. The number of carbonyl (C=O) groups excluding carboxylic acids is 1. The summed E-state index contributed by atoms with van der Waals surface area (Å²) < 4.78 is 1.78. The maximum absolute atomic E-state index is 11.9. The van der Waals surface area contributed by atoms with Crippen LogP contribution in [0.25, 0.3) is 5.82 Å². The molecule has 20 heavy (non-hydrogen) atoms. The van der Waals surface area contributed by atoms with Crippen LogP contribution in [0.4, 0.5) is 5.69 Å². The lowest BCUT2D eigenvalue weighted by Crippen LogP contribution is -2.13. The van der Waals surface area contributed by atoms with E-state index in [2.05, 4.69) is 20.3 Å². The Balaban J connectivity index is 1.74. The van der Waals surface area contributed by atoms with Crippen molar-refractivity contribution in [3.8, 4) is 5.82 Å². The molecule has 0 fully saturated rings. The molecule has 3 rings (SSSR count). The van der Waals surface area contributed by atoms with E-state index < -0.39 is 0 Å². The third-order valence-corrected chi connectivity index (χ3v) is 2.67. The summed E-state index contributed by atoms with van der Waals surface area (Å²) in [6.45, 7) is 0. The van der Waals surface area contributed by atoms with Crippen LogP contribution in [0.15, 0.2) is 61.4 Å². The quantitative estimate of drug-likeness (QED) is 0.785. The summed E-state index contributed by atoms with van der Waals surface area (Å²) >= 11 is 0. The minimum Gasteiger partial charge on any atom is -0.319 e. The lowest BCUT2D eigenvalue weighted by atomic mass is 10.3. The Labute approximate surface area is 115 Å². The second-order valence-electron chi connectivity index (χ2n) is 4.04. The van der Waals surface area contributed by atoms with Crippen molar-refractivity contribution in [3.63, 3.8) is 0 Å². The SMILES string of the molecule is O=C(Nc1ccc(-n2ccnc2)nc1)c1ccccn1. The highest BCUT2D eigenvalue weighted by Crippen LogP contribution is 2.10. The first-order valence-electron chi connectivity index (χ1n) is 6.00. The summed E-state index contributed by atoms with van der Waals surface area (Å²) in [4.78, 5) is 24.1. The van der Waals surface area contributed by atoms with Gasteiger partial charge in [-0.05, 0) is 24.3 Å². The normalized spacial score (nSPS) is 10.2. The molecule has 98 valence electrons. The number of rotatable bonds is 3. The van der Waals surface area contributed by atoms with E-state index in [-0.39, 0.29) is 5.91 Å². The molecule has 3 heterocycles. The molecule has 0 atom stereocenters. The van der Waals surface area contributed by atoms with Crippen LogP contribution in [0, 0.1) is 0 Å². The Kier molecular flexibility index (Phi) is 3.20. The third kappa shape index (κ3) is 2.54. The summed E-state index contributed by atoms with van der Waals surface area (Å²) in [7, 11) is 0. The monoisotopic (exact) mass is 265 g/mol. The van der Waals surface area contributed by atoms with Crippen molar-refractivity contribution in [1.82, 2.24) is 19.5 Å². The van der Waals surface area contributed by atoms with Crippen LogP contribution in [-0.4, -0.2) is 25.4 Å². The van der Waals surface area contributed by atoms with Gasteiger partial charge in [-0.25, -0.2) is 9.97 Å². The number of imidazole rings is 1. The highest BCUT2D eigenvalue weighted by molar-refractivity contribution is 6.02. The molecular weight excluding hydrogens is 254 g/mol. The fourth-order valence-corrected chi connectivity index (χ4v) is 1.70. The number of anilines is 1. The van der Waals surface area contributed by atoms with Gasteiger partial charge in [-0.3, -0.25) is 14.3 Å². The number of carbonyl (C=O) groups is 1. The molecule has 3 aromatic rings. The van der Waals surface area contributed by atoms with Crippen LogP contribution in [0.1, 0.15) is 10.5 Å². The number of hydrogen-bond acceptors (Lipinski definition) is 4. The van der Waals surface area contributed by atoms with E-state index in [1.165, 1.54) is 0 Å². The average molecular weight is 265 g/mol. The standard InChI is InChI=1S/C14H11N5O/c20-14(12-3-1-2-6-16-12)18-11-4-5-13(17-9-11)19-8-7-15-10-19/h1-10H,(H,18,20). The van der Waals surface area contributed by atoms with Gasteiger partial charge >= 0.3 is 0 Å². The van der Waals surface area contributed by atoms with Gasteiger partial charge in [-0.2, -0.15) is 0 Å². The smallest absolute Gasteiger partial charge is 0.274 e. The van der Waals surface area contributed by atoms with Gasteiger partial charge in [-0.15, -0.1) is 0 Å². The molecule has 0 aromatic carbocycles. The van der Waals surface area contributed by atoms with Crippen LogP contribution in [-0.2, 0) is 0 Å². The molecule has 3 aromatic heterocycles. The molecule has 0 unspecified atom stereocenters. The Morgan fingerprint density at radius 1 is 1.10 bits per heavy atom. The zero-order valence-corrected chi connectivity index (χ0v) is 10.5. The van der Waals surface area contributed by atoms with E-state index in [0.29, 0.717) is 11.4 Å². The Hall–Kier alpha value is -3.02. The van der Waals surface area contributed by atoms with Gasteiger partial charge in [0, 0.05) is 18.6 Å². The summed E-state index contributed by atoms with van der Waals surface area (Å²) in [5.74, 6) is 0.473. The summed E-state index contributed by atoms with van der Waals surface area (Å²) in [5.41, 5.74) is 0.982. The van der Waals surface area contributed by atoms with Crippen molar-refractivity contribution in [1.29, 1.82) is 0 Å². The molecule has 0 aliphatic rings. The first-order chi connectivity index (χ1) is 9.83. The van der Waals surface area contributed by atoms with E-state index in [4.69, 9.17) is 0 Å². The van der Waals surface area contributed by atoms with E-state index in [1.54, 1.807) is 66.0 Å². The predicted octanol–water partition coefficient (Wildman–Crippen LogP) is 1.91. The molecule has 6 nitrogen and oxygen atoms in total. The van der Waals surface area contributed by atoms with Gasteiger partial charge in [0.1, 0.15) is 17.8 Å². The minimum absolute atomic E-state index is 0.261. The predicted molar refractivity (Wildman–Crippen MR) is 73.5 cm³/mol. The van der Waals surface area contributed by atoms with Crippen molar-refractivity contribution in [2.24, 2.45) is 0 Å². The lowest BCUT2D eigenvalue weighted by molar-refractivity contribution is 0.102. The summed E-state index contributed by atoms with van der Waals surface area (Å²) in [6.07, 6.45) is 8.31. The molecule has 0 saturated heterocycles. The van der Waals surface area contributed by atoms with Gasteiger partial charge < -0.3 is 5.32 Å². The zero-order valence-electron chi connectivity index (χ0n) is 10.5. The van der Waals surface area contributed by atoms with E-state index in [0.717, 1.165) is 5.82 Å². The molecule has 0 spiro atoms. The molecule has 1 amide bonds. The summed E-state index contributed by atoms with van der Waals surface area (Å²) in [5, 5.41) is 2.74. The topological polar surface area (TPSA) is 72.7 Å². The van der Waals surface area contributed by atoms with Crippen LogP contribution in [0.5, 0.6) is 0 Å². The minimum atomic E-state index is -0.261. The van der Waals surface area contributed by atoms with Crippen LogP contribution < -0.4 is 5.32 Å². The van der Waals surface area contributed by atoms with Crippen molar-refractivity contribution in [2.45, 2.75) is 0 Å². The number of hydrogen-bond donors (Lipinski definition) is 1. The fourth-order valence-electron chi connectivity index (χ4n) is 1.70. The Bertz CT molecular complexity index is 692. The third-order valence-electron chi connectivity index (χ3n) is 2.67. The second kappa shape index (κ2) is 5.31. The maximum atomic E-state index is 11.9. The van der Waals surface area contributed by atoms with Crippen molar-refractivity contribution in [2.75, 3.05) is 5.32 Å². The average Bonchev–Trinajstić information content (AvgIpc) is 3.03. The number of nitrogens with zero attached hydrogens (tertiary/aromatic N) is 4. The molecule has 0 bridgehead atoms. The van der Waals surface area contributed by atoms with Crippen molar-refractivity contribution in [3.05, 3.63) is 67.1 Å². The summed E-state index contributed by atoms with van der Waals surface area (Å²) in [6, 6.07) is 8.77. The Morgan fingerprint density at radius 2 is 2.05 bits per heavy atom. The van der Waals surface area contributed by atoms with Crippen LogP contribution in [0.3, 0.4) is 0 Å². The van der Waals surface area contributed by atoms with Crippen LogP contribution in [0.2, 0.25) is 0 Å². The van der Waals surface area contributed by atoms with Gasteiger partial charge in [0.15, 0.2) is 0 Å². The lowest BCUT2D eigenvalue weighted by Gasteiger charge is -2.05. The van der Waals surface area contributed by atoms with Gasteiger partial charge in [0.25, 0.3) is 5.91 Å². The number of nitrogens with one attached hydrogen (secondary N) is 1. The molecular formula is C14H11N5O. The van der Waals surface area contributed by atoms with Crippen molar-refractivity contribution < 1.29 is 4.79 Å². The van der Waals surface area contributed by atoms with Crippen LogP contribution >= 0.6 is 0 Å². The molecule has 0 saturated carbocycles. The largest absolute Gasteiger partial charge is 0.319 e. The first-order valence-corrected chi connectivity index (χ1v) is 6.00. The van der Waals surface area contributed by atoms with Crippen molar-refractivity contribution >= 4 is 11.6 Å². The molecule has 0 radical (unpaired) electrons.